The minimum absolute atomic E-state index is 0.0315. The number of anilines is 1. The fourth-order valence-corrected chi connectivity index (χ4v) is 2.77. The lowest BCUT2D eigenvalue weighted by molar-refractivity contribution is -0.139. The van der Waals surface area contributed by atoms with Crippen LogP contribution in [0, 0.1) is 0 Å². The molecule has 1 fully saturated rings. The third kappa shape index (κ3) is 2.78. The quantitative estimate of drug-likeness (QED) is 0.656. The van der Waals surface area contributed by atoms with Crippen molar-refractivity contribution in [3.63, 3.8) is 0 Å². The maximum Gasteiger partial charge on any atom is 0.311 e. The summed E-state index contributed by atoms with van der Waals surface area (Å²) in [6.07, 6.45) is 0.578. The van der Waals surface area contributed by atoms with Gasteiger partial charge in [0.25, 0.3) is 0 Å². The molecule has 1 aliphatic rings. The molecule has 1 saturated heterocycles. The summed E-state index contributed by atoms with van der Waals surface area (Å²) in [4.78, 5) is 28.6. The van der Waals surface area contributed by atoms with Crippen molar-refractivity contribution in [2.75, 3.05) is 18.6 Å². The summed E-state index contributed by atoms with van der Waals surface area (Å²) in [5.41, 5.74) is 0.632. The number of methoxy groups -OCH3 is 1. The number of esters is 1. The first kappa shape index (κ1) is 12.4. The SMILES string of the molecule is COC(=O)Cc1csc(N2CC(S)CC2=O)n1. The highest BCUT2D eigenvalue weighted by molar-refractivity contribution is 7.81. The van der Waals surface area contributed by atoms with Gasteiger partial charge in [-0.1, -0.05) is 0 Å². The van der Waals surface area contributed by atoms with Crippen molar-refractivity contribution in [1.29, 1.82) is 0 Å². The Kier molecular flexibility index (Phi) is 3.68. The normalized spacial score (nSPS) is 19.8. The van der Waals surface area contributed by atoms with E-state index in [0.29, 0.717) is 23.8 Å². The zero-order valence-electron chi connectivity index (χ0n) is 9.25. The molecule has 1 atom stereocenters. The third-order valence-electron chi connectivity index (χ3n) is 2.43. The predicted molar refractivity (Wildman–Crippen MR) is 67.6 cm³/mol. The lowest BCUT2D eigenvalue weighted by Crippen LogP contribution is -2.24. The van der Waals surface area contributed by atoms with E-state index < -0.39 is 0 Å². The van der Waals surface area contributed by atoms with Gasteiger partial charge in [-0.05, 0) is 0 Å². The Morgan fingerprint density at radius 3 is 3.12 bits per heavy atom. The van der Waals surface area contributed by atoms with Crippen molar-refractivity contribution in [3.8, 4) is 0 Å². The number of carbonyl (C=O) groups excluding carboxylic acids is 2. The van der Waals surface area contributed by atoms with Gasteiger partial charge >= 0.3 is 5.97 Å². The minimum atomic E-state index is -0.332. The van der Waals surface area contributed by atoms with Crippen LogP contribution in [0.15, 0.2) is 5.38 Å². The number of amides is 1. The Morgan fingerprint density at radius 1 is 1.76 bits per heavy atom. The van der Waals surface area contributed by atoms with Crippen molar-refractivity contribution < 1.29 is 14.3 Å². The van der Waals surface area contributed by atoms with Crippen molar-refractivity contribution in [2.24, 2.45) is 0 Å². The number of thiazole rings is 1. The van der Waals surface area contributed by atoms with Crippen LogP contribution in [0.1, 0.15) is 12.1 Å². The molecule has 0 N–H and O–H groups in total. The van der Waals surface area contributed by atoms with E-state index in [1.807, 2.05) is 0 Å². The number of hydrogen-bond donors (Lipinski definition) is 1. The second-order valence-corrected chi connectivity index (χ2v) is 5.30. The van der Waals surface area contributed by atoms with E-state index in [-0.39, 0.29) is 23.5 Å². The molecule has 0 bridgehead atoms. The summed E-state index contributed by atoms with van der Waals surface area (Å²) in [6.45, 7) is 0.577. The van der Waals surface area contributed by atoms with Crippen molar-refractivity contribution in [1.82, 2.24) is 4.98 Å². The van der Waals surface area contributed by atoms with E-state index >= 15 is 0 Å². The van der Waals surface area contributed by atoms with Crippen LogP contribution in [-0.4, -0.2) is 35.8 Å². The van der Waals surface area contributed by atoms with Gasteiger partial charge in [0.05, 0.1) is 19.2 Å². The van der Waals surface area contributed by atoms with E-state index in [2.05, 4.69) is 22.3 Å². The number of nitrogens with zero attached hydrogens (tertiary/aromatic N) is 2. The van der Waals surface area contributed by atoms with Gasteiger partial charge in [-0.25, -0.2) is 4.98 Å². The summed E-state index contributed by atoms with van der Waals surface area (Å²) >= 11 is 5.64. The number of thiol groups is 1. The molecule has 7 heteroatoms. The molecule has 1 unspecified atom stereocenters. The van der Waals surface area contributed by atoms with Crippen LogP contribution in [0.3, 0.4) is 0 Å². The Hall–Kier alpha value is -1.08. The maximum absolute atomic E-state index is 11.6. The molecule has 2 rings (SSSR count). The minimum Gasteiger partial charge on any atom is -0.469 e. The second kappa shape index (κ2) is 5.05. The highest BCUT2D eigenvalue weighted by Crippen LogP contribution is 2.27. The summed E-state index contributed by atoms with van der Waals surface area (Å²) in [5.74, 6) is -0.300. The predicted octanol–water partition coefficient (Wildman–Crippen LogP) is 0.894. The average molecular weight is 272 g/mol. The number of hydrogen-bond acceptors (Lipinski definition) is 6. The summed E-state index contributed by atoms with van der Waals surface area (Å²) in [7, 11) is 1.34. The van der Waals surface area contributed by atoms with Crippen LogP contribution < -0.4 is 4.90 Å². The lowest BCUT2D eigenvalue weighted by atomic mass is 10.3. The van der Waals surface area contributed by atoms with E-state index in [0.717, 1.165) is 0 Å². The molecule has 0 spiro atoms. The maximum atomic E-state index is 11.6. The monoisotopic (exact) mass is 272 g/mol. The largest absolute Gasteiger partial charge is 0.469 e. The summed E-state index contributed by atoms with van der Waals surface area (Å²) in [5, 5.41) is 2.46. The van der Waals surface area contributed by atoms with Crippen molar-refractivity contribution in [2.45, 2.75) is 18.1 Å². The zero-order valence-corrected chi connectivity index (χ0v) is 11.0. The molecule has 1 aromatic rings. The Labute approximate surface area is 108 Å². The average Bonchev–Trinajstić information content (AvgIpc) is 2.85. The van der Waals surface area contributed by atoms with Crippen molar-refractivity contribution >= 4 is 41.0 Å². The third-order valence-corrected chi connectivity index (χ3v) is 3.69. The van der Waals surface area contributed by atoms with Gasteiger partial charge in [-0.3, -0.25) is 14.5 Å². The molecule has 2 heterocycles. The second-order valence-electron chi connectivity index (χ2n) is 3.74. The van der Waals surface area contributed by atoms with Crippen LogP contribution in [0.5, 0.6) is 0 Å². The Bertz CT molecular complexity index is 447. The number of carbonyl (C=O) groups is 2. The fourth-order valence-electron chi connectivity index (χ4n) is 1.60. The molecule has 0 radical (unpaired) electrons. The van der Waals surface area contributed by atoms with Gasteiger partial charge in [-0.15, -0.1) is 11.3 Å². The fraction of sp³-hybridized carbons (Fsp3) is 0.500. The number of rotatable bonds is 3. The van der Waals surface area contributed by atoms with E-state index in [4.69, 9.17) is 0 Å². The molecule has 1 aliphatic heterocycles. The molecule has 0 saturated carbocycles. The van der Waals surface area contributed by atoms with Crippen LogP contribution in [-0.2, 0) is 20.7 Å². The number of ether oxygens (including phenoxy) is 1. The van der Waals surface area contributed by atoms with Gasteiger partial charge in [0.2, 0.25) is 5.91 Å². The highest BCUT2D eigenvalue weighted by Gasteiger charge is 2.30. The summed E-state index contributed by atoms with van der Waals surface area (Å²) in [6, 6.07) is 0. The molecule has 1 aromatic heterocycles. The Morgan fingerprint density at radius 2 is 2.53 bits per heavy atom. The molecule has 92 valence electrons. The Balaban J connectivity index is 2.08. The van der Waals surface area contributed by atoms with Gasteiger partial charge in [0.1, 0.15) is 0 Å². The van der Waals surface area contributed by atoms with E-state index in [1.54, 1.807) is 10.3 Å². The first-order valence-corrected chi connectivity index (χ1v) is 6.49. The first-order valence-electron chi connectivity index (χ1n) is 5.10. The smallest absolute Gasteiger partial charge is 0.311 e. The topological polar surface area (TPSA) is 59.5 Å². The zero-order chi connectivity index (χ0) is 12.4. The van der Waals surface area contributed by atoms with Crippen LogP contribution >= 0.6 is 24.0 Å². The summed E-state index contributed by atoms with van der Waals surface area (Å²) < 4.78 is 4.56. The van der Waals surface area contributed by atoms with Gasteiger partial charge in [0.15, 0.2) is 5.13 Å². The highest BCUT2D eigenvalue weighted by atomic mass is 32.1. The molecule has 1 amide bonds. The lowest BCUT2D eigenvalue weighted by Gasteiger charge is -2.10. The van der Waals surface area contributed by atoms with Gasteiger partial charge < -0.3 is 4.74 Å². The molecule has 17 heavy (non-hydrogen) atoms. The standard InChI is InChI=1S/C10H12N2O3S2/c1-15-9(14)2-6-5-17-10(11-6)12-4-7(16)3-8(12)13/h5,7,16H,2-4H2,1H3. The van der Waals surface area contributed by atoms with Gasteiger partial charge in [0, 0.05) is 23.6 Å². The number of aromatic nitrogens is 1. The molecular weight excluding hydrogens is 260 g/mol. The van der Waals surface area contributed by atoms with Crippen LogP contribution in [0.2, 0.25) is 0 Å². The van der Waals surface area contributed by atoms with E-state index in [9.17, 15) is 9.59 Å². The van der Waals surface area contributed by atoms with Gasteiger partial charge in [-0.2, -0.15) is 12.6 Å². The molecule has 0 aromatic carbocycles. The van der Waals surface area contributed by atoms with Crippen LogP contribution in [0.4, 0.5) is 5.13 Å². The molecule has 5 nitrogen and oxygen atoms in total. The first-order chi connectivity index (χ1) is 8.10. The van der Waals surface area contributed by atoms with Crippen LogP contribution in [0.25, 0.3) is 0 Å². The molecular formula is C10H12N2O3S2. The molecule has 0 aliphatic carbocycles. The van der Waals surface area contributed by atoms with E-state index in [1.165, 1.54) is 18.4 Å². The van der Waals surface area contributed by atoms with Crippen molar-refractivity contribution in [3.05, 3.63) is 11.1 Å².